The van der Waals surface area contributed by atoms with E-state index in [9.17, 15) is 0 Å². The molecular weight excluding hydrogens is 216 g/mol. The number of aliphatic hydroxyl groups excluding tert-OH is 1. The number of rotatable bonds is 4. The number of thiophene rings is 1. The van der Waals surface area contributed by atoms with Gasteiger partial charge >= 0.3 is 0 Å². The third-order valence-corrected chi connectivity index (χ3v) is 2.56. The first kappa shape index (κ1) is 10.1. The average molecular weight is 226 g/mol. The van der Waals surface area contributed by atoms with Gasteiger partial charge < -0.3 is 9.84 Å². The van der Waals surface area contributed by atoms with Crippen LogP contribution < -0.4 is 16.0 Å². The van der Waals surface area contributed by atoms with Crippen molar-refractivity contribution in [3.63, 3.8) is 0 Å². The number of aliphatic hydroxyl groups is 1. The number of hydrazine groups is 1. The molecule has 7 heteroatoms. The zero-order valence-corrected chi connectivity index (χ0v) is 8.62. The molecular formula is C8H10N4O2S. The second kappa shape index (κ2) is 4.39. The molecule has 0 aliphatic rings. The molecule has 2 aromatic heterocycles. The Balaban J connectivity index is 2.43. The van der Waals surface area contributed by atoms with Gasteiger partial charge in [-0.1, -0.05) is 0 Å². The van der Waals surface area contributed by atoms with Crippen LogP contribution in [0.15, 0.2) is 11.4 Å². The van der Waals surface area contributed by atoms with Crippen molar-refractivity contribution in [2.24, 2.45) is 5.84 Å². The maximum atomic E-state index is 8.67. The third kappa shape index (κ3) is 1.99. The first-order valence-electron chi connectivity index (χ1n) is 4.30. The molecule has 80 valence electrons. The predicted octanol–water partition coefficient (Wildman–Crippen LogP) is 0.348. The maximum absolute atomic E-state index is 8.67. The number of ether oxygens (including phenoxy) is 1. The van der Waals surface area contributed by atoms with Crippen LogP contribution in [0.3, 0.4) is 0 Å². The molecule has 0 aromatic carbocycles. The minimum Gasteiger partial charge on any atom is -0.475 e. The third-order valence-electron chi connectivity index (χ3n) is 1.75. The van der Waals surface area contributed by atoms with Gasteiger partial charge in [-0.15, -0.1) is 11.3 Å². The first-order valence-corrected chi connectivity index (χ1v) is 5.18. The van der Waals surface area contributed by atoms with Crippen molar-refractivity contribution in [2.45, 2.75) is 0 Å². The van der Waals surface area contributed by atoms with Crippen molar-refractivity contribution in [1.29, 1.82) is 0 Å². The highest BCUT2D eigenvalue weighted by Gasteiger charge is 2.08. The summed E-state index contributed by atoms with van der Waals surface area (Å²) in [4.78, 5) is 9.00. The Hall–Kier alpha value is -1.44. The zero-order valence-electron chi connectivity index (χ0n) is 7.80. The lowest BCUT2D eigenvalue weighted by Crippen LogP contribution is -2.11. The fraction of sp³-hybridized carbons (Fsp3) is 0.250. The van der Waals surface area contributed by atoms with Crippen LogP contribution >= 0.6 is 11.3 Å². The lowest BCUT2D eigenvalue weighted by molar-refractivity contribution is 0.198. The van der Waals surface area contributed by atoms with Gasteiger partial charge in [-0.05, 0) is 11.4 Å². The Labute approximate surface area is 89.7 Å². The second-order valence-corrected chi connectivity index (χ2v) is 3.60. The molecule has 4 N–H and O–H groups in total. The van der Waals surface area contributed by atoms with E-state index in [2.05, 4.69) is 15.4 Å². The summed E-state index contributed by atoms with van der Waals surface area (Å²) in [6.07, 6.45) is 0. The van der Waals surface area contributed by atoms with Gasteiger partial charge in [0.1, 0.15) is 11.4 Å². The Morgan fingerprint density at radius 3 is 3.13 bits per heavy atom. The highest BCUT2D eigenvalue weighted by Crippen LogP contribution is 2.27. The number of nitrogens with two attached hydrogens (primary N) is 1. The number of nitrogen functional groups attached to an aromatic ring is 1. The molecule has 0 radical (unpaired) electrons. The fourth-order valence-electron chi connectivity index (χ4n) is 1.15. The lowest BCUT2D eigenvalue weighted by Gasteiger charge is -2.06. The largest absolute Gasteiger partial charge is 0.475 e. The van der Waals surface area contributed by atoms with Gasteiger partial charge in [-0.2, -0.15) is 4.98 Å². The Morgan fingerprint density at radius 2 is 2.40 bits per heavy atom. The van der Waals surface area contributed by atoms with Crippen LogP contribution in [0.4, 0.5) is 5.95 Å². The van der Waals surface area contributed by atoms with E-state index in [1.807, 2.05) is 11.4 Å². The number of nitrogens with zero attached hydrogens (tertiary/aromatic N) is 2. The van der Waals surface area contributed by atoms with Gasteiger partial charge in [-0.3, -0.25) is 5.43 Å². The quantitative estimate of drug-likeness (QED) is 0.514. The molecule has 0 aliphatic heterocycles. The van der Waals surface area contributed by atoms with Crippen LogP contribution in [0.2, 0.25) is 0 Å². The summed E-state index contributed by atoms with van der Waals surface area (Å²) in [5, 5.41) is 11.4. The Kier molecular flexibility index (Phi) is 2.95. The molecule has 0 fully saturated rings. The molecule has 0 spiro atoms. The van der Waals surface area contributed by atoms with Gasteiger partial charge in [0, 0.05) is 0 Å². The molecule has 15 heavy (non-hydrogen) atoms. The molecule has 0 saturated heterocycles. The lowest BCUT2D eigenvalue weighted by atomic mass is 10.4. The maximum Gasteiger partial charge on any atom is 0.241 e. The Bertz CT molecular complexity index is 459. The highest BCUT2D eigenvalue weighted by molar-refractivity contribution is 7.16. The summed E-state index contributed by atoms with van der Waals surface area (Å²) in [6, 6.07) is 1.87. The van der Waals surface area contributed by atoms with Crippen molar-refractivity contribution in [3.05, 3.63) is 11.4 Å². The van der Waals surface area contributed by atoms with E-state index in [0.29, 0.717) is 11.8 Å². The number of hydrogen-bond acceptors (Lipinski definition) is 7. The molecule has 0 amide bonds. The predicted molar refractivity (Wildman–Crippen MR) is 57.8 cm³/mol. The van der Waals surface area contributed by atoms with Crippen molar-refractivity contribution in [3.8, 4) is 5.88 Å². The normalized spacial score (nSPS) is 10.5. The second-order valence-electron chi connectivity index (χ2n) is 2.71. The molecule has 0 saturated carbocycles. The number of aromatic nitrogens is 2. The fourth-order valence-corrected chi connectivity index (χ4v) is 1.90. The summed E-state index contributed by atoms with van der Waals surface area (Å²) in [6.45, 7) is 0.146. The summed E-state index contributed by atoms with van der Waals surface area (Å²) < 4.78 is 5.28. The first-order chi connectivity index (χ1) is 7.35. The summed E-state index contributed by atoms with van der Waals surface area (Å²) in [5.41, 5.74) is 2.37. The smallest absolute Gasteiger partial charge is 0.241 e. The van der Waals surface area contributed by atoms with E-state index in [-0.39, 0.29) is 13.2 Å². The van der Waals surface area contributed by atoms with Crippen molar-refractivity contribution >= 4 is 27.5 Å². The molecule has 6 nitrogen and oxygen atoms in total. The molecule has 0 unspecified atom stereocenters. The van der Waals surface area contributed by atoms with Crippen LogP contribution in [0.25, 0.3) is 10.2 Å². The Morgan fingerprint density at radius 1 is 1.53 bits per heavy atom. The van der Waals surface area contributed by atoms with Crippen LogP contribution in [0.5, 0.6) is 5.88 Å². The van der Waals surface area contributed by atoms with E-state index in [0.717, 1.165) is 10.2 Å². The minimum absolute atomic E-state index is 0.0545. The van der Waals surface area contributed by atoms with E-state index < -0.39 is 0 Å². The van der Waals surface area contributed by atoms with Crippen molar-refractivity contribution < 1.29 is 9.84 Å². The van der Waals surface area contributed by atoms with Crippen molar-refractivity contribution in [1.82, 2.24) is 9.97 Å². The van der Waals surface area contributed by atoms with Crippen LogP contribution in [0.1, 0.15) is 0 Å². The van der Waals surface area contributed by atoms with Crippen LogP contribution in [-0.4, -0.2) is 28.3 Å². The topological polar surface area (TPSA) is 93.3 Å². The van der Waals surface area contributed by atoms with E-state index in [1.165, 1.54) is 11.3 Å². The summed E-state index contributed by atoms with van der Waals surface area (Å²) in [7, 11) is 0. The number of hydrogen-bond donors (Lipinski definition) is 3. The number of nitrogens with one attached hydrogen (secondary N) is 1. The van der Waals surface area contributed by atoms with Crippen LogP contribution in [0, 0.1) is 0 Å². The van der Waals surface area contributed by atoms with Gasteiger partial charge in [0.2, 0.25) is 11.8 Å². The summed E-state index contributed by atoms with van der Waals surface area (Å²) >= 11 is 1.48. The molecule has 0 bridgehead atoms. The molecule has 2 aromatic rings. The van der Waals surface area contributed by atoms with Gasteiger partial charge in [0.15, 0.2) is 0 Å². The van der Waals surface area contributed by atoms with Gasteiger partial charge in [0.05, 0.1) is 12.0 Å². The minimum atomic E-state index is -0.0545. The molecule has 0 aliphatic carbocycles. The number of anilines is 1. The highest BCUT2D eigenvalue weighted by atomic mass is 32.1. The van der Waals surface area contributed by atoms with E-state index in [1.54, 1.807) is 0 Å². The average Bonchev–Trinajstić information content (AvgIpc) is 2.73. The molecule has 2 rings (SSSR count). The van der Waals surface area contributed by atoms with Gasteiger partial charge in [-0.25, -0.2) is 10.8 Å². The number of fused-ring (bicyclic) bond motifs is 1. The monoisotopic (exact) mass is 226 g/mol. The van der Waals surface area contributed by atoms with E-state index in [4.69, 9.17) is 15.7 Å². The molecule has 0 atom stereocenters. The van der Waals surface area contributed by atoms with Crippen molar-refractivity contribution in [2.75, 3.05) is 18.6 Å². The SMILES string of the molecule is NNc1nc(OCCO)c2ccsc2n1. The van der Waals surface area contributed by atoms with Gasteiger partial charge in [0.25, 0.3) is 0 Å². The zero-order chi connectivity index (χ0) is 10.7. The summed E-state index contributed by atoms with van der Waals surface area (Å²) in [5.74, 6) is 5.97. The standard InChI is InChI=1S/C8H10N4O2S/c9-12-8-10-6(14-3-2-13)5-1-4-15-7(5)11-8/h1,4,13H,2-3,9H2,(H,10,11,12). The molecule has 2 heterocycles. The van der Waals surface area contributed by atoms with Crippen LogP contribution in [-0.2, 0) is 0 Å². The van der Waals surface area contributed by atoms with E-state index >= 15 is 0 Å².